The molecule has 0 aromatic heterocycles. The fourth-order valence-corrected chi connectivity index (χ4v) is 2.99. The van der Waals surface area contributed by atoms with E-state index in [0.717, 1.165) is 11.1 Å². The van der Waals surface area contributed by atoms with E-state index in [0.29, 0.717) is 11.1 Å². The lowest BCUT2D eigenvalue weighted by Crippen LogP contribution is -2.13. The van der Waals surface area contributed by atoms with Gasteiger partial charge in [-0.1, -0.05) is 38.4 Å². The lowest BCUT2D eigenvalue weighted by molar-refractivity contribution is -0.132. The maximum Gasteiger partial charge on any atom is 0.338 e. The minimum atomic E-state index is -0.688. The normalized spacial score (nSPS) is 10.9. The summed E-state index contributed by atoms with van der Waals surface area (Å²) in [4.78, 5) is 48.8. The van der Waals surface area contributed by atoms with Crippen LogP contribution >= 0.6 is 0 Å². The summed E-state index contributed by atoms with van der Waals surface area (Å²) in [5.74, 6) is -2.61. The van der Waals surface area contributed by atoms with E-state index < -0.39 is 23.9 Å². The van der Waals surface area contributed by atoms with Crippen molar-refractivity contribution in [1.29, 1.82) is 0 Å². The highest BCUT2D eigenvalue weighted by Crippen LogP contribution is 2.37. The number of hydrogen-bond donors (Lipinski definition) is 0. The lowest BCUT2D eigenvalue weighted by Gasteiger charge is -2.16. The molecule has 2 aromatic rings. The third-order valence-electron chi connectivity index (χ3n) is 5.52. The molecule has 8 nitrogen and oxygen atoms in total. The molecule has 8 heteroatoms. The number of hydrogen-bond acceptors (Lipinski definition) is 8. The molecule has 0 saturated carbocycles. The van der Waals surface area contributed by atoms with Crippen molar-refractivity contribution in [3.8, 4) is 23.0 Å². The number of carbonyl (C=O) groups is 4. The van der Waals surface area contributed by atoms with E-state index in [2.05, 4.69) is 26.3 Å². The third-order valence-corrected chi connectivity index (χ3v) is 5.52. The Kier molecular flexibility index (Phi) is 10.3. The minimum Gasteiger partial charge on any atom is -0.419 e. The SMILES string of the molecule is C=C(C)C(=O)Oc1ccc(/C(C)=C(\C)c2ccc(OC(=O)C(=C)C)c(OC(=O)C(=C)C)c2)cc1OC(=O)C(=C)C. The van der Waals surface area contributed by atoms with Gasteiger partial charge in [0.2, 0.25) is 0 Å². The summed E-state index contributed by atoms with van der Waals surface area (Å²) in [6.45, 7) is 24.0. The Morgan fingerprint density at radius 2 is 0.700 bits per heavy atom. The van der Waals surface area contributed by atoms with E-state index in [-0.39, 0.29) is 45.3 Å². The molecule has 0 unspecified atom stereocenters. The van der Waals surface area contributed by atoms with Crippen LogP contribution in [0.15, 0.2) is 85.0 Å². The molecule has 0 heterocycles. The molecule has 0 N–H and O–H groups in total. The van der Waals surface area contributed by atoms with Crippen LogP contribution in [-0.2, 0) is 19.2 Å². The molecule has 0 aliphatic rings. The van der Waals surface area contributed by atoms with Crippen LogP contribution in [0.1, 0.15) is 52.7 Å². The molecule has 2 rings (SSSR count). The zero-order valence-electron chi connectivity index (χ0n) is 23.6. The second kappa shape index (κ2) is 13.2. The highest BCUT2D eigenvalue weighted by molar-refractivity contribution is 5.94. The number of esters is 4. The van der Waals surface area contributed by atoms with Crippen LogP contribution in [0.5, 0.6) is 23.0 Å². The van der Waals surface area contributed by atoms with Gasteiger partial charge in [-0.15, -0.1) is 0 Å². The molecule has 0 bridgehead atoms. The summed E-state index contributed by atoms with van der Waals surface area (Å²) in [7, 11) is 0. The number of allylic oxidation sites excluding steroid dienone is 2. The fraction of sp³-hybridized carbons (Fsp3) is 0.188. The first-order valence-electron chi connectivity index (χ1n) is 12.1. The number of ether oxygens (including phenoxy) is 4. The smallest absolute Gasteiger partial charge is 0.338 e. The van der Waals surface area contributed by atoms with E-state index in [4.69, 9.17) is 18.9 Å². The molecule has 0 saturated heterocycles. The fourth-order valence-electron chi connectivity index (χ4n) is 2.99. The van der Waals surface area contributed by atoms with Gasteiger partial charge in [0, 0.05) is 22.3 Å². The first kappa shape index (κ1) is 31.2. The van der Waals surface area contributed by atoms with E-state index in [1.54, 1.807) is 24.3 Å². The first-order valence-corrected chi connectivity index (χ1v) is 12.1. The maximum absolute atomic E-state index is 12.3. The van der Waals surface area contributed by atoms with Gasteiger partial charge in [0.05, 0.1) is 0 Å². The maximum atomic E-state index is 12.3. The molecule has 0 aliphatic heterocycles. The Bertz CT molecular complexity index is 1370. The van der Waals surface area contributed by atoms with Crippen molar-refractivity contribution >= 4 is 35.0 Å². The van der Waals surface area contributed by atoms with E-state index >= 15 is 0 Å². The van der Waals surface area contributed by atoms with Gasteiger partial charge in [0.15, 0.2) is 23.0 Å². The minimum absolute atomic E-state index is 0.0189. The second-order valence-corrected chi connectivity index (χ2v) is 9.25. The molecular weight excluding hydrogens is 512 g/mol. The van der Waals surface area contributed by atoms with Crippen LogP contribution in [0.3, 0.4) is 0 Å². The monoisotopic (exact) mass is 544 g/mol. The van der Waals surface area contributed by atoms with Gasteiger partial charge < -0.3 is 18.9 Å². The highest BCUT2D eigenvalue weighted by Gasteiger charge is 2.19. The van der Waals surface area contributed by atoms with Crippen molar-refractivity contribution in [3.05, 3.63) is 96.1 Å². The van der Waals surface area contributed by atoms with Gasteiger partial charge in [-0.05, 0) is 88.1 Å². The van der Waals surface area contributed by atoms with E-state index in [1.807, 2.05) is 13.8 Å². The number of rotatable bonds is 10. The molecule has 0 fully saturated rings. The zero-order valence-corrected chi connectivity index (χ0v) is 23.6. The largest absolute Gasteiger partial charge is 0.419 e. The topological polar surface area (TPSA) is 105 Å². The zero-order chi connectivity index (χ0) is 30.3. The third kappa shape index (κ3) is 8.01. The molecule has 40 heavy (non-hydrogen) atoms. The number of benzene rings is 2. The Morgan fingerprint density at radius 1 is 0.450 bits per heavy atom. The number of carbonyl (C=O) groups excluding carboxylic acids is 4. The van der Waals surface area contributed by atoms with Crippen molar-refractivity contribution in [2.24, 2.45) is 0 Å². The van der Waals surface area contributed by atoms with Crippen LogP contribution in [0.25, 0.3) is 11.1 Å². The van der Waals surface area contributed by atoms with Gasteiger partial charge in [-0.2, -0.15) is 0 Å². The second-order valence-electron chi connectivity index (χ2n) is 9.25. The molecule has 0 spiro atoms. The first-order chi connectivity index (χ1) is 18.6. The summed E-state index contributed by atoms with van der Waals surface area (Å²) in [5, 5.41) is 0. The average Bonchev–Trinajstić information content (AvgIpc) is 2.89. The van der Waals surface area contributed by atoms with Crippen molar-refractivity contribution in [2.45, 2.75) is 41.5 Å². The summed E-state index contributed by atoms with van der Waals surface area (Å²) in [5.41, 5.74) is 3.49. The van der Waals surface area contributed by atoms with Gasteiger partial charge in [0.1, 0.15) is 0 Å². The molecule has 0 atom stereocenters. The molecule has 2 aromatic carbocycles. The average molecular weight is 545 g/mol. The Balaban J connectivity index is 2.60. The van der Waals surface area contributed by atoms with Crippen molar-refractivity contribution in [1.82, 2.24) is 0 Å². The van der Waals surface area contributed by atoms with Crippen molar-refractivity contribution < 1.29 is 38.1 Å². The van der Waals surface area contributed by atoms with E-state index in [9.17, 15) is 19.2 Å². The molecule has 0 radical (unpaired) electrons. The van der Waals surface area contributed by atoms with Crippen LogP contribution in [0.4, 0.5) is 0 Å². The molecule has 0 amide bonds. The van der Waals surface area contributed by atoms with Gasteiger partial charge in [0.25, 0.3) is 0 Å². The predicted molar refractivity (Wildman–Crippen MR) is 153 cm³/mol. The van der Waals surface area contributed by atoms with Crippen molar-refractivity contribution in [2.75, 3.05) is 0 Å². The summed E-state index contributed by atoms with van der Waals surface area (Å²) < 4.78 is 21.5. The highest BCUT2D eigenvalue weighted by atomic mass is 16.6. The Hall–Kier alpha value is -4.98. The Labute approximate surface area is 233 Å². The van der Waals surface area contributed by atoms with E-state index in [1.165, 1.54) is 39.8 Å². The molecule has 208 valence electrons. The van der Waals surface area contributed by atoms with Gasteiger partial charge in [-0.3, -0.25) is 0 Å². The van der Waals surface area contributed by atoms with Crippen LogP contribution in [-0.4, -0.2) is 23.9 Å². The van der Waals surface area contributed by atoms with Gasteiger partial charge in [-0.25, -0.2) is 19.2 Å². The lowest BCUT2D eigenvalue weighted by atomic mass is 9.96. The van der Waals surface area contributed by atoms with Crippen molar-refractivity contribution in [3.63, 3.8) is 0 Å². The summed E-state index contributed by atoms with van der Waals surface area (Å²) in [6, 6.07) is 9.53. The molecular formula is C32H32O8. The molecule has 0 aliphatic carbocycles. The quantitative estimate of drug-likeness (QED) is 0.143. The standard InChI is InChI=1S/C32H32O8/c1-17(2)29(33)37-25-13-11-23(15-27(25)39-31(35)19(5)6)21(9)22(10)24-12-14-26(38-30(34)18(3)4)28(16-24)40-32(36)20(7)8/h11-16H,1,3,5,7H2,2,4,6,8-10H3/b22-21+. The van der Waals surface area contributed by atoms with Crippen LogP contribution < -0.4 is 18.9 Å². The Morgan fingerprint density at radius 3 is 0.950 bits per heavy atom. The van der Waals surface area contributed by atoms with Crippen LogP contribution in [0.2, 0.25) is 0 Å². The van der Waals surface area contributed by atoms with Gasteiger partial charge >= 0.3 is 23.9 Å². The summed E-state index contributed by atoms with van der Waals surface area (Å²) in [6.07, 6.45) is 0. The van der Waals surface area contributed by atoms with Crippen LogP contribution in [0, 0.1) is 0 Å². The predicted octanol–water partition coefficient (Wildman–Crippen LogP) is 6.56. The summed E-state index contributed by atoms with van der Waals surface area (Å²) >= 11 is 0.